The van der Waals surface area contributed by atoms with E-state index in [1.54, 1.807) is 0 Å². The quantitative estimate of drug-likeness (QED) is 0.851. The highest BCUT2D eigenvalue weighted by molar-refractivity contribution is 5.96. The first-order valence-corrected chi connectivity index (χ1v) is 7.29. The zero-order chi connectivity index (χ0) is 13.8. The number of hydrogen-bond acceptors (Lipinski definition) is 2. The van der Waals surface area contributed by atoms with E-state index in [-0.39, 0.29) is 5.91 Å². The lowest BCUT2D eigenvalue weighted by Gasteiger charge is -2.22. The summed E-state index contributed by atoms with van der Waals surface area (Å²) in [4.78, 5) is 14.5. The molecule has 1 aromatic carbocycles. The summed E-state index contributed by atoms with van der Waals surface area (Å²) in [7, 11) is 0. The predicted molar refractivity (Wildman–Crippen MR) is 79.6 cm³/mol. The molecule has 1 fully saturated rings. The Labute approximate surface area is 116 Å². The molecule has 1 aromatic rings. The third-order valence-corrected chi connectivity index (χ3v) is 3.68. The van der Waals surface area contributed by atoms with E-state index in [9.17, 15) is 4.79 Å². The number of anilines is 1. The number of rotatable bonds is 6. The van der Waals surface area contributed by atoms with Crippen LogP contribution in [0.4, 0.5) is 5.69 Å². The maximum atomic E-state index is 12.5. The Morgan fingerprint density at radius 3 is 2.63 bits per heavy atom. The van der Waals surface area contributed by atoms with E-state index >= 15 is 0 Å². The van der Waals surface area contributed by atoms with Crippen molar-refractivity contribution in [1.82, 2.24) is 4.90 Å². The van der Waals surface area contributed by atoms with Gasteiger partial charge < -0.3 is 10.2 Å². The SMILES string of the molecule is CCNc1ccc(C(=O)N(CC)CC2CC2)c(C)c1. The molecule has 1 amide bonds. The standard InChI is InChI=1S/C16H24N2O/c1-4-17-14-8-9-15(12(3)10-14)16(19)18(5-2)11-13-6-7-13/h8-10,13,17H,4-7,11H2,1-3H3. The molecule has 0 atom stereocenters. The van der Waals surface area contributed by atoms with Crippen LogP contribution in [0.5, 0.6) is 0 Å². The van der Waals surface area contributed by atoms with Crippen molar-refractivity contribution in [2.24, 2.45) is 5.92 Å². The Bertz CT molecular complexity index is 452. The van der Waals surface area contributed by atoms with Crippen molar-refractivity contribution in [2.45, 2.75) is 33.6 Å². The largest absolute Gasteiger partial charge is 0.385 e. The van der Waals surface area contributed by atoms with Gasteiger partial charge in [-0.05, 0) is 63.3 Å². The molecule has 1 saturated carbocycles. The van der Waals surface area contributed by atoms with Crippen LogP contribution in [0.1, 0.15) is 42.6 Å². The molecule has 1 aliphatic carbocycles. The molecule has 3 heteroatoms. The third-order valence-electron chi connectivity index (χ3n) is 3.68. The zero-order valence-corrected chi connectivity index (χ0v) is 12.2. The molecule has 0 radical (unpaired) electrons. The average Bonchev–Trinajstić information content (AvgIpc) is 3.20. The molecular formula is C16H24N2O. The summed E-state index contributed by atoms with van der Waals surface area (Å²) in [5.74, 6) is 0.917. The van der Waals surface area contributed by atoms with Crippen LogP contribution >= 0.6 is 0 Å². The number of nitrogens with one attached hydrogen (secondary N) is 1. The number of benzene rings is 1. The number of aryl methyl sites for hydroxylation is 1. The summed E-state index contributed by atoms with van der Waals surface area (Å²) in [6, 6.07) is 6.00. The van der Waals surface area contributed by atoms with Crippen LogP contribution in [0.3, 0.4) is 0 Å². The van der Waals surface area contributed by atoms with Gasteiger partial charge in [0.05, 0.1) is 0 Å². The van der Waals surface area contributed by atoms with E-state index < -0.39 is 0 Å². The maximum Gasteiger partial charge on any atom is 0.254 e. The Morgan fingerprint density at radius 1 is 1.37 bits per heavy atom. The fourth-order valence-electron chi connectivity index (χ4n) is 2.36. The third kappa shape index (κ3) is 3.49. The van der Waals surface area contributed by atoms with Crippen molar-refractivity contribution in [1.29, 1.82) is 0 Å². The lowest BCUT2D eigenvalue weighted by Crippen LogP contribution is -2.33. The number of carbonyl (C=O) groups is 1. The Balaban J connectivity index is 2.12. The zero-order valence-electron chi connectivity index (χ0n) is 12.2. The fraction of sp³-hybridized carbons (Fsp3) is 0.562. The van der Waals surface area contributed by atoms with Gasteiger partial charge in [0, 0.05) is 30.9 Å². The molecule has 0 bridgehead atoms. The summed E-state index contributed by atoms with van der Waals surface area (Å²) in [6.07, 6.45) is 2.56. The topological polar surface area (TPSA) is 32.3 Å². The fourth-order valence-corrected chi connectivity index (χ4v) is 2.36. The van der Waals surface area contributed by atoms with Crippen molar-refractivity contribution in [3.8, 4) is 0 Å². The van der Waals surface area contributed by atoms with Crippen LogP contribution in [0.15, 0.2) is 18.2 Å². The van der Waals surface area contributed by atoms with Gasteiger partial charge in [-0.2, -0.15) is 0 Å². The van der Waals surface area contributed by atoms with Crippen LogP contribution in [0.25, 0.3) is 0 Å². The molecule has 0 aliphatic heterocycles. The highest BCUT2D eigenvalue weighted by atomic mass is 16.2. The molecule has 3 nitrogen and oxygen atoms in total. The number of amides is 1. The predicted octanol–water partition coefficient (Wildman–Crippen LogP) is 3.30. The average molecular weight is 260 g/mol. The molecule has 2 rings (SSSR count). The lowest BCUT2D eigenvalue weighted by atomic mass is 10.1. The molecule has 0 unspecified atom stereocenters. The second kappa shape index (κ2) is 6.09. The molecule has 0 heterocycles. The summed E-state index contributed by atoms with van der Waals surface area (Å²) < 4.78 is 0. The van der Waals surface area contributed by atoms with Crippen LogP contribution in [0, 0.1) is 12.8 Å². The smallest absolute Gasteiger partial charge is 0.254 e. The molecule has 0 spiro atoms. The molecule has 0 saturated heterocycles. The summed E-state index contributed by atoms with van der Waals surface area (Å²) in [6.45, 7) is 8.76. The van der Waals surface area contributed by atoms with Gasteiger partial charge >= 0.3 is 0 Å². The van der Waals surface area contributed by atoms with E-state index in [1.807, 2.05) is 24.0 Å². The van der Waals surface area contributed by atoms with Crippen molar-refractivity contribution in [3.05, 3.63) is 29.3 Å². The Hall–Kier alpha value is -1.51. The summed E-state index contributed by atoms with van der Waals surface area (Å²) in [5.41, 5.74) is 2.98. The van der Waals surface area contributed by atoms with Gasteiger partial charge in [0.1, 0.15) is 0 Å². The van der Waals surface area contributed by atoms with E-state index in [0.717, 1.165) is 42.4 Å². The highest BCUT2D eigenvalue weighted by Crippen LogP contribution is 2.30. The van der Waals surface area contributed by atoms with Gasteiger partial charge in [0.15, 0.2) is 0 Å². The number of hydrogen-bond donors (Lipinski definition) is 1. The lowest BCUT2D eigenvalue weighted by molar-refractivity contribution is 0.0756. The Kier molecular flexibility index (Phi) is 4.46. The van der Waals surface area contributed by atoms with Crippen molar-refractivity contribution in [3.63, 3.8) is 0 Å². The van der Waals surface area contributed by atoms with Crippen LogP contribution in [0.2, 0.25) is 0 Å². The Morgan fingerprint density at radius 2 is 2.11 bits per heavy atom. The van der Waals surface area contributed by atoms with Gasteiger partial charge in [0.25, 0.3) is 5.91 Å². The minimum atomic E-state index is 0.176. The van der Waals surface area contributed by atoms with Crippen molar-refractivity contribution >= 4 is 11.6 Å². The van der Waals surface area contributed by atoms with E-state index in [4.69, 9.17) is 0 Å². The van der Waals surface area contributed by atoms with Gasteiger partial charge in [-0.25, -0.2) is 0 Å². The summed E-state index contributed by atoms with van der Waals surface area (Å²) >= 11 is 0. The molecule has 1 aliphatic rings. The first-order chi connectivity index (χ1) is 9.15. The van der Waals surface area contributed by atoms with Crippen molar-refractivity contribution < 1.29 is 4.79 Å². The van der Waals surface area contributed by atoms with Crippen LogP contribution in [-0.2, 0) is 0 Å². The molecule has 0 aromatic heterocycles. The first-order valence-electron chi connectivity index (χ1n) is 7.29. The van der Waals surface area contributed by atoms with Crippen molar-refractivity contribution in [2.75, 3.05) is 25.0 Å². The van der Waals surface area contributed by atoms with E-state index in [1.165, 1.54) is 12.8 Å². The highest BCUT2D eigenvalue weighted by Gasteiger charge is 2.26. The van der Waals surface area contributed by atoms with Gasteiger partial charge in [-0.15, -0.1) is 0 Å². The minimum absolute atomic E-state index is 0.176. The summed E-state index contributed by atoms with van der Waals surface area (Å²) in [5, 5.41) is 3.28. The first kappa shape index (κ1) is 13.9. The maximum absolute atomic E-state index is 12.5. The van der Waals surface area contributed by atoms with E-state index in [2.05, 4.69) is 25.2 Å². The number of carbonyl (C=O) groups excluding carboxylic acids is 1. The minimum Gasteiger partial charge on any atom is -0.385 e. The molecule has 19 heavy (non-hydrogen) atoms. The second-order valence-corrected chi connectivity index (χ2v) is 5.35. The molecule has 1 N–H and O–H groups in total. The van der Waals surface area contributed by atoms with Crippen LogP contribution < -0.4 is 5.32 Å². The van der Waals surface area contributed by atoms with Crippen LogP contribution in [-0.4, -0.2) is 30.4 Å². The molecule has 104 valence electrons. The van der Waals surface area contributed by atoms with Gasteiger partial charge in [0.2, 0.25) is 0 Å². The second-order valence-electron chi connectivity index (χ2n) is 5.35. The molecular weight excluding hydrogens is 236 g/mol. The normalized spacial score (nSPS) is 14.3. The monoisotopic (exact) mass is 260 g/mol. The van der Waals surface area contributed by atoms with Gasteiger partial charge in [-0.3, -0.25) is 4.79 Å². The van der Waals surface area contributed by atoms with Gasteiger partial charge in [-0.1, -0.05) is 0 Å². The number of nitrogens with zero attached hydrogens (tertiary/aromatic N) is 1. The van der Waals surface area contributed by atoms with E-state index in [0.29, 0.717) is 0 Å².